The third-order valence-electron chi connectivity index (χ3n) is 5.85. The van der Waals surface area contributed by atoms with E-state index in [1.165, 1.54) is 10.9 Å². The Balaban J connectivity index is 0.00000256. The van der Waals surface area contributed by atoms with Gasteiger partial charge in [0.2, 0.25) is 0 Å². The molecule has 8 heteroatoms. The Kier molecular flexibility index (Phi) is 8.38. The van der Waals surface area contributed by atoms with E-state index in [1.807, 2.05) is 11.9 Å². The number of rotatable bonds is 5. The minimum atomic E-state index is -0.219. The molecule has 3 heterocycles. The van der Waals surface area contributed by atoms with Crippen LogP contribution in [0.4, 0.5) is 0 Å². The second-order valence-corrected chi connectivity index (χ2v) is 7.71. The van der Waals surface area contributed by atoms with Gasteiger partial charge in [-0.3, -0.25) is 9.79 Å². The van der Waals surface area contributed by atoms with Gasteiger partial charge in [0.05, 0.1) is 0 Å². The number of piperazine rings is 1. The molecule has 1 atom stereocenters. The number of para-hydroxylation sites is 1. The summed E-state index contributed by atoms with van der Waals surface area (Å²) in [6, 6.07) is 10.6. The molecule has 1 aromatic heterocycles. The molecule has 0 radical (unpaired) electrons. The van der Waals surface area contributed by atoms with Gasteiger partial charge in [0.15, 0.2) is 5.96 Å². The number of carbonyl (C=O) groups is 1. The van der Waals surface area contributed by atoms with Crippen molar-refractivity contribution >= 4 is 46.7 Å². The van der Waals surface area contributed by atoms with Crippen LogP contribution in [0, 0.1) is 0 Å². The van der Waals surface area contributed by atoms with Gasteiger partial charge in [0.25, 0.3) is 5.91 Å². The smallest absolute Gasteiger partial charge is 0.251 e. The van der Waals surface area contributed by atoms with Crippen molar-refractivity contribution in [3.8, 4) is 0 Å². The molecule has 7 nitrogen and oxygen atoms in total. The first kappa shape index (κ1) is 22.9. The molecular weight excluding hydrogens is 493 g/mol. The minimum Gasteiger partial charge on any atom is -0.368 e. The number of ether oxygens (including phenoxy) is 1. The second-order valence-electron chi connectivity index (χ2n) is 7.71. The zero-order chi connectivity index (χ0) is 20.1. The number of hydrogen-bond acceptors (Lipinski definition) is 3. The third kappa shape index (κ3) is 5.26. The first-order valence-corrected chi connectivity index (χ1v) is 10.7. The summed E-state index contributed by atoms with van der Waals surface area (Å²) in [6.45, 7) is 5.63. The van der Waals surface area contributed by atoms with Crippen LogP contribution >= 0.6 is 24.0 Å². The summed E-state index contributed by atoms with van der Waals surface area (Å²) in [5.41, 5.74) is 1.28. The molecule has 2 aliphatic rings. The van der Waals surface area contributed by atoms with Gasteiger partial charge in [0.1, 0.15) is 6.10 Å². The van der Waals surface area contributed by atoms with Crippen molar-refractivity contribution in [1.29, 1.82) is 0 Å². The van der Waals surface area contributed by atoms with Gasteiger partial charge in [-0.2, -0.15) is 0 Å². The minimum absolute atomic E-state index is 0. The van der Waals surface area contributed by atoms with Gasteiger partial charge in [-0.05, 0) is 36.8 Å². The zero-order valence-corrected chi connectivity index (χ0v) is 20.0. The summed E-state index contributed by atoms with van der Waals surface area (Å²) in [5.74, 6) is 1.08. The lowest BCUT2D eigenvalue weighted by molar-refractivity contribution is -0.142. The highest BCUT2D eigenvalue weighted by Crippen LogP contribution is 2.16. The SMILES string of the molecule is CN=C(NCCCn1ccc2ccccc21)N1CCN(C(=O)C2CCCO2)CC1.I. The third-order valence-corrected chi connectivity index (χ3v) is 5.85. The van der Waals surface area contributed by atoms with Crippen LogP contribution in [-0.4, -0.2) is 78.7 Å². The predicted molar refractivity (Wildman–Crippen MR) is 130 cm³/mol. The highest BCUT2D eigenvalue weighted by atomic mass is 127. The summed E-state index contributed by atoms with van der Waals surface area (Å²) in [7, 11) is 1.83. The average Bonchev–Trinajstić information content (AvgIpc) is 3.44. The fourth-order valence-corrected chi connectivity index (χ4v) is 4.23. The van der Waals surface area contributed by atoms with Crippen LogP contribution in [0.3, 0.4) is 0 Å². The van der Waals surface area contributed by atoms with E-state index in [4.69, 9.17) is 4.74 Å². The zero-order valence-electron chi connectivity index (χ0n) is 17.6. The van der Waals surface area contributed by atoms with E-state index < -0.39 is 0 Å². The van der Waals surface area contributed by atoms with E-state index in [-0.39, 0.29) is 36.0 Å². The highest BCUT2D eigenvalue weighted by molar-refractivity contribution is 14.0. The molecule has 1 unspecified atom stereocenters. The summed E-state index contributed by atoms with van der Waals surface area (Å²) in [4.78, 5) is 21.1. The number of amides is 1. The van der Waals surface area contributed by atoms with Crippen LogP contribution in [-0.2, 0) is 16.1 Å². The van der Waals surface area contributed by atoms with Gasteiger partial charge in [-0.1, -0.05) is 18.2 Å². The number of aromatic nitrogens is 1. The van der Waals surface area contributed by atoms with Gasteiger partial charge < -0.3 is 24.4 Å². The van der Waals surface area contributed by atoms with Crippen LogP contribution in [0.25, 0.3) is 10.9 Å². The van der Waals surface area contributed by atoms with Gasteiger partial charge in [0, 0.05) is 64.6 Å². The molecule has 0 spiro atoms. The Labute approximate surface area is 195 Å². The largest absolute Gasteiger partial charge is 0.368 e. The normalized spacial score (nSPS) is 19.8. The molecule has 1 aromatic carbocycles. The average molecular weight is 525 g/mol. The molecule has 1 N–H and O–H groups in total. The number of carbonyl (C=O) groups excluding carboxylic acids is 1. The lowest BCUT2D eigenvalue weighted by Gasteiger charge is -2.37. The van der Waals surface area contributed by atoms with E-state index >= 15 is 0 Å². The molecular formula is C22H32IN5O2. The summed E-state index contributed by atoms with van der Waals surface area (Å²) < 4.78 is 7.84. The molecule has 2 fully saturated rings. The van der Waals surface area contributed by atoms with E-state index in [0.29, 0.717) is 6.61 Å². The van der Waals surface area contributed by atoms with Crippen molar-refractivity contribution in [2.24, 2.45) is 4.99 Å². The lowest BCUT2D eigenvalue weighted by Crippen LogP contribution is -2.55. The topological polar surface area (TPSA) is 62.1 Å². The molecule has 2 saturated heterocycles. The fourth-order valence-electron chi connectivity index (χ4n) is 4.23. The van der Waals surface area contributed by atoms with E-state index in [0.717, 1.165) is 64.5 Å². The van der Waals surface area contributed by atoms with Crippen molar-refractivity contribution in [3.05, 3.63) is 36.5 Å². The number of aliphatic imine (C=N–C) groups is 1. The first-order valence-electron chi connectivity index (χ1n) is 10.7. The molecule has 0 aliphatic carbocycles. The number of nitrogens with zero attached hydrogens (tertiary/aromatic N) is 4. The first-order chi connectivity index (χ1) is 14.3. The standard InChI is InChI=1S/C22H31N5O2.HI/c1-23-22(24-10-5-11-25-12-9-18-6-2-3-7-19(18)25)27-15-13-26(14-16-27)21(28)20-8-4-17-29-20;/h2-3,6-7,9,12,20H,4-5,8,10-11,13-17H2,1H3,(H,23,24);1H. The van der Waals surface area contributed by atoms with Crippen molar-refractivity contribution in [3.63, 3.8) is 0 Å². The van der Waals surface area contributed by atoms with E-state index in [2.05, 4.69) is 56.3 Å². The Morgan fingerprint density at radius 3 is 2.67 bits per heavy atom. The molecule has 0 bridgehead atoms. The van der Waals surface area contributed by atoms with Crippen molar-refractivity contribution < 1.29 is 9.53 Å². The summed E-state index contributed by atoms with van der Waals surface area (Å²) in [5, 5.41) is 4.77. The molecule has 2 aliphatic heterocycles. The summed E-state index contributed by atoms with van der Waals surface area (Å²) >= 11 is 0. The Hall–Kier alpha value is -1.81. The lowest BCUT2D eigenvalue weighted by atomic mass is 10.2. The number of aryl methyl sites for hydroxylation is 1. The van der Waals surface area contributed by atoms with Crippen molar-refractivity contribution in [1.82, 2.24) is 19.7 Å². The van der Waals surface area contributed by atoms with Gasteiger partial charge in [-0.25, -0.2) is 0 Å². The number of nitrogens with one attached hydrogen (secondary N) is 1. The number of hydrogen-bond donors (Lipinski definition) is 1. The number of guanidine groups is 1. The highest BCUT2D eigenvalue weighted by Gasteiger charge is 2.30. The van der Waals surface area contributed by atoms with Crippen LogP contribution in [0.1, 0.15) is 19.3 Å². The molecule has 1 amide bonds. The van der Waals surface area contributed by atoms with Crippen molar-refractivity contribution in [2.75, 3.05) is 46.4 Å². The molecule has 4 rings (SSSR count). The fraction of sp³-hybridized carbons (Fsp3) is 0.545. The van der Waals surface area contributed by atoms with Crippen LogP contribution in [0.5, 0.6) is 0 Å². The Morgan fingerprint density at radius 1 is 1.17 bits per heavy atom. The number of fused-ring (bicyclic) bond motifs is 1. The Morgan fingerprint density at radius 2 is 1.93 bits per heavy atom. The second kappa shape index (κ2) is 11.0. The van der Waals surface area contributed by atoms with Gasteiger partial charge in [-0.15, -0.1) is 24.0 Å². The number of benzene rings is 1. The van der Waals surface area contributed by atoms with Crippen LogP contribution < -0.4 is 5.32 Å². The van der Waals surface area contributed by atoms with Crippen LogP contribution in [0.2, 0.25) is 0 Å². The maximum atomic E-state index is 12.5. The molecule has 0 saturated carbocycles. The molecule has 2 aromatic rings. The maximum absolute atomic E-state index is 12.5. The molecule has 30 heavy (non-hydrogen) atoms. The predicted octanol–water partition coefficient (Wildman–Crippen LogP) is 2.55. The van der Waals surface area contributed by atoms with E-state index in [9.17, 15) is 4.79 Å². The molecule has 164 valence electrons. The summed E-state index contributed by atoms with van der Waals surface area (Å²) in [6.07, 6.45) is 4.81. The van der Waals surface area contributed by atoms with Crippen molar-refractivity contribution in [2.45, 2.75) is 31.9 Å². The van der Waals surface area contributed by atoms with Gasteiger partial charge >= 0.3 is 0 Å². The van der Waals surface area contributed by atoms with E-state index in [1.54, 1.807) is 0 Å². The van der Waals surface area contributed by atoms with Crippen LogP contribution in [0.15, 0.2) is 41.5 Å². The quantitative estimate of drug-likeness (QED) is 0.282. The Bertz CT molecular complexity index is 854. The monoisotopic (exact) mass is 525 g/mol. The maximum Gasteiger partial charge on any atom is 0.251 e. The number of halogens is 1.